The van der Waals surface area contributed by atoms with E-state index in [0.29, 0.717) is 17.1 Å². The highest BCUT2D eigenvalue weighted by molar-refractivity contribution is 6.05. The molecular weight excluding hydrogens is 335 g/mol. The highest BCUT2D eigenvalue weighted by Crippen LogP contribution is 2.20. The van der Waals surface area contributed by atoms with Gasteiger partial charge in [-0.25, -0.2) is 18.2 Å². The van der Waals surface area contributed by atoms with E-state index in [1.807, 2.05) is 0 Å². The van der Waals surface area contributed by atoms with E-state index in [2.05, 4.69) is 10.3 Å². The van der Waals surface area contributed by atoms with Crippen molar-refractivity contribution >= 4 is 22.6 Å². The second-order valence-corrected chi connectivity index (χ2v) is 5.20. The van der Waals surface area contributed by atoms with Crippen LogP contribution in [0.15, 0.2) is 41.3 Å². The van der Waals surface area contributed by atoms with Crippen LogP contribution >= 0.6 is 0 Å². The van der Waals surface area contributed by atoms with Gasteiger partial charge >= 0.3 is 0 Å². The van der Waals surface area contributed by atoms with Crippen molar-refractivity contribution in [1.29, 1.82) is 0 Å². The number of carbonyl (C=O) groups excluding carboxylic acids is 1. The smallest absolute Gasteiger partial charge is 0.265 e. The largest absolute Gasteiger partial charge is 0.319 e. The molecule has 128 valence electrons. The van der Waals surface area contributed by atoms with E-state index in [-0.39, 0.29) is 12.1 Å². The van der Waals surface area contributed by atoms with Gasteiger partial charge in [0.25, 0.3) is 11.5 Å². The van der Waals surface area contributed by atoms with Gasteiger partial charge in [-0.3, -0.25) is 14.2 Å². The molecule has 0 unspecified atom stereocenters. The van der Waals surface area contributed by atoms with Crippen LogP contribution in [0.25, 0.3) is 11.0 Å². The lowest BCUT2D eigenvalue weighted by molar-refractivity contribution is 0.102. The standard InChI is InChI=1S/C17H12F3N3O2/c1-2-23-15-9(4-3-7-21-15)8-10(17(23)25)16(24)22-12-6-5-11(18)13(19)14(12)20/h3-8H,2H2,1H3,(H,22,24). The normalized spacial score (nSPS) is 10.9. The monoisotopic (exact) mass is 347 g/mol. The molecule has 25 heavy (non-hydrogen) atoms. The van der Waals surface area contributed by atoms with Crippen LogP contribution < -0.4 is 10.9 Å². The summed E-state index contributed by atoms with van der Waals surface area (Å²) in [5.41, 5.74) is -1.02. The zero-order valence-electron chi connectivity index (χ0n) is 13.0. The third kappa shape index (κ3) is 2.86. The van der Waals surface area contributed by atoms with Crippen LogP contribution in [-0.4, -0.2) is 15.5 Å². The Balaban J connectivity index is 2.08. The van der Waals surface area contributed by atoms with E-state index < -0.39 is 34.6 Å². The van der Waals surface area contributed by atoms with Gasteiger partial charge in [-0.1, -0.05) is 0 Å². The first-order valence-corrected chi connectivity index (χ1v) is 7.37. The minimum Gasteiger partial charge on any atom is -0.319 e. The van der Waals surface area contributed by atoms with Gasteiger partial charge in [0.2, 0.25) is 0 Å². The van der Waals surface area contributed by atoms with Gasteiger partial charge in [-0.2, -0.15) is 0 Å². The number of aryl methyl sites for hydroxylation is 1. The number of amides is 1. The summed E-state index contributed by atoms with van der Waals surface area (Å²) in [6, 6.07) is 6.20. The SMILES string of the molecule is CCn1c(=O)c(C(=O)Nc2ccc(F)c(F)c2F)cc2cccnc21. The van der Waals surface area contributed by atoms with E-state index in [1.165, 1.54) is 16.8 Å². The lowest BCUT2D eigenvalue weighted by Crippen LogP contribution is -2.29. The topological polar surface area (TPSA) is 64.0 Å². The maximum atomic E-state index is 13.7. The summed E-state index contributed by atoms with van der Waals surface area (Å²) in [7, 11) is 0. The summed E-state index contributed by atoms with van der Waals surface area (Å²) in [6.07, 6.45) is 1.52. The summed E-state index contributed by atoms with van der Waals surface area (Å²) in [5.74, 6) is -5.54. The van der Waals surface area contributed by atoms with Gasteiger partial charge in [0.15, 0.2) is 17.5 Å². The molecule has 0 fully saturated rings. The van der Waals surface area contributed by atoms with E-state index in [0.717, 1.165) is 6.07 Å². The van der Waals surface area contributed by atoms with Crippen molar-refractivity contribution in [2.75, 3.05) is 5.32 Å². The van der Waals surface area contributed by atoms with Gasteiger partial charge < -0.3 is 5.32 Å². The lowest BCUT2D eigenvalue weighted by atomic mass is 10.1. The number of hydrogen-bond acceptors (Lipinski definition) is 3. The molecule has 0 aliphatic rings. The molecule has 1 aromatic carbocycles. The van der Waals surface area contributed by atoms with E-state index >= 15 is 0 Å². The molecule has 3 aromatic rings. The van der Waals surface area contributed by atoms with E-state index in [1.54, 1.807) is 19.1 Å². The number of carbonyl (C=O) groups is 1. The molecule has 0 aliphatic heterocycles. The summed E-state index contributed by atoms with van der Waals surface area (Å²) in [4.78, 5) is 29.0. The van der Waals surface area contributed by atoms with E-state index in [9.17, 15) is 22.8 Å². The number of aromatic nitrogens is 2. The Hall–Kier alpha value is -3.16. The zero-order valence-corrected chi connectivity index (χ0v) is 13.0. The quantitative estimate of drug-likeness (QED) is 0.741. The van der Waals surface area contributed by atoms with E-state index in [4.69, 9.17) is 0 Å². The average Bonchev–Trinajstić information content (AvgIpc) is 2.61. The molecular formula is C17H12F3N3O2. The van der Waals surface area contributed by atoms with Crippen LogP contribution in [-0.2, 0) is 6.54 Å². The second-order valence-electron chi connectivity index (χ2n) is 5.20. The number of nitrogens with one attached hydrogen (secondary N) is 1. The highest BCUT2D eigenvalue weighted by Gasteiger charge is 2.19. The number of pyridine rings is 2. The molecule has 0 aliphatic carbocycles. The van der Waals surface area contributed by atoms with Crippen LogP contribution in [0.3, 0.4) is 0 Å². The van der Waals surface area contributed by atoms with Gasteiger partial charge in [-0.05, 0) is 37.3 Å². The van der Waals surface area contributed by atoms with Gasteiger partial charge in [0.1, 0.15) is 11.2 Å². The van der Waals surface area contributed by atoms with Crippen molar-refractivity contribution < 1.29 is 18.0 Å². The number of benzene rings is 1. The predicted molar refractivity (Wildman–Crippen MR) is 85.9 cm³/mol. The molecule has 2 aromatic heterocycles. The Morgan fingerprint density at radius 3 is 2.68 bits per heavy atom. The molecule has 0 spiro atoms. The van der Waals surface area contributed by atoms with Crippen LogP contribution in [0.5, 0.6) is 0 Å². The molecule has 0 atom stereocenters. The third-order valence-corrected chi connectivity index (χ3v) is 3.69. The average molecular weight is 347 g/mol. The fraction of sp³-hybridized carbons (Fsp3) is 0.118. The first kappa shape index (κ1) is 16.7. The molecule has 0 saturated carbocycles. The number of nitrogens with zero attached hydrogens (tertiary/aromatic N) is 2. The summed E-state index contributed by atoms with van der Waals surface area (Å²) in [6.45, 7) is 1.99. The number of hydrogen-bond donors (Lipinski definition) is 1. The lowest BCUT2D eigenvalue weighted by Gasteiger charge is -2.11. The minimum atomic E-state index is -1.70. The molecule has 2 heterocycles. The summed E-state index contributed by atoms with van der Waals surface area (Å²) >= 11 is 0. The number of rotatable bonds is 3. The highest BCUT2D eigenvalue weighted by atomic mass is 19.2. The molecule has 0 saturated heterocycles. The van der Waals surface area contributed by atoms with Gasteiger partial charge in [0, 0.05) is 18.1 Å². The van der Waals surface area contributed by atoms with Crippen LogP contribution in [0.1, 0.15) is 17.3 Å². The number of fused-ring (bicyclic) bond motifs is 1. The van der Waals surface area contributed by atoms with Gasteiger partial charge in [0.05, 0.1) is 5.69 Å². The van der Waals surface area contributed by atoms with Crippen molar-refractivity contribution in [2.24, 2.45) is 0 Å². The van der Waals surface area contributed by atoms with Crippen molar-refractivity contribution in [3.05, 3.63) is 69.9 Å². The predicted octanol–water partition coefficient (Wildman–Crippen LogP) is 3.09. The molecule has 8 heteroatoms. The molecule has 3 rings (SSSR count). The number of halogens is 3. The van der Waals surface area contributed by atoms with Gasteiger partial charge in [-0.15, -0.1) is 0 Å². The van der Waals surface area contributed by atoms with Crippen molar-refractivity contribution in [2.45, 2.75) is 13.5 Å². The molecule has 0 radical (unpaired) electrons. The Kier molecular flexibility index (Phi) is 4.26. The number of anilines is 1. The minimum absolute atomic E-state index is 0.258. The maximum absolute atomic E-state index is 13.7. The van der Waals surface area contributed by atoms with Crippen molar-refractivity contribution in [3.8, 4) is 0 Å². The second kappa shape index (κ2) is 6.39. The first-order chi connectivity index (χ1) is 11.9. The molecule has 0 bridgehead atoms. The fourth-order valence-corrected chi connectivity index (χ4v) is 2.47. The van der Waals surface area contributed by atoms with Crippen LogP contribution in [0, 0.1) is 17.5 Å². The molecule has 1 amide bonds. The third-order valence-electron chi connectivity index (χ3n) is 3.69. The molecule has 5 nitrogen and oxygen atoms in total. The Labute approximate surface area is 139 Å². The van der Waals surface area contributed by atoms with Crippen molar-refractivity contribution in [1.82, 2.24) is 9.55 Å². The Bertz CT molecular complexity index is 1050. The summed E-state index contributed by atoms with van der Waals surface area (Å²) < 4.78 is 41.3. The van der Waals surface area contributed by atoms with Crippen LogP contribution in [0.2, 0.25) is 0 Å². The van der Waals surface area contributed by atoms with Crippen molar-refractivity contribution in [3.63, 3.8) is 0 Å². The van der Waals surface area contributed by atoms with Crippen LogP contribution in [0.4, 0.5) is 18.9 Å². The Morgan fingerprint density at radius 1 is 1.20 bits per heavy atom. The first-order valence-electron chi connectivity index (χ1n) is 7.37. The fourth-order valence-electron chi connectivity index (χ4n) is 2.47. The maximum Gasteiger partial charge on any atom is 0.265 e. The summed E-state index contributed by atoms with van der Waals surface area (Å²) in [5, 5.41) is 2.64. The zero-order chi connectivity index (χ0) is 18.1. The molecule has 1 N–H and O–H groups in total. The Morgan fingerprint density at radius 2 is 1.96 bits per heavy atom.